The van der Waals surface area contributed by atoms with Crippen LogP contribution in [0.4, 0.5) is 0 Å². The third kappa shape index (κ3) is 2.11. The fraction of sp³-hybridized carbons (Fsp3) is 0.333. The van der Waals surface area contributed by atoms with Gasteiger partial charge in [-0.1, -0.05) is 0 Å². The number of benzene rings is 1. The molecule has 1 N–H and O–H groups in total. The van der Waals surface area contributed by atoms with Crippen LogP contribution in [0.25, 0.3) is 0 Å². The van der Waals surface area contributed by atoms with Gasteiger partial charge in [-0.05, 0) is 18.1 Å². The van der Waals surface area contributed by atoms with Crippen molar-refractivity contribution in [3.8, 4) is 23.8 Å². The van der Waals surface area contributed by atoms with E-state index in [1.807, 2.05) is 0 Å². The Kier molecular flexibility index (Phi) is 3.78. The number of ether oxygens (including phenoxy) is 3. The first-order valence-corrected chi connectivity index (χ1v) is 4.59. The summed E-state index contributed by atoms with van der Waals surface area (Å²) in [6, 6.07) is 4.89. The second-order valence-corrected chi connectivity index (χ2v) is 3.06. The molecule has 0 fully saturated rings. The van der Waals surface area contributed by atoms with E-state index >= 15 is 0 Å². The van der Waals surface area contributed by atoms with Gasteiger partial charge in [-0.15, -0.1) is 6.42 Å². The third-order valence-corrected chi connectivity index (χ3v) is 2.26. The van der Waals surface area contributed by atoms with Crippen LogP contribution in [0, 0.1) is 12.3 Å². The highest BCUT2D eigenvalue weighted by atomic mass is 16.6. The molecule has 0 amide bonds. The van der Waals surface area contributed by atoms with E-state index in [2.05, 4.69) is 5.92 Å². The largest absolute Gasteiger partial charge is 0.497 e. The summed E-state index contributed by atoms with van der Waals surface area (Å²) < 4.78 is 15.0. The monoisotopic (exact) mass is 222 g/mol. The van der Waals surface area contributed by atoms with Gasteiger partial charge in [0.2, 0.25) is 0 Å². The lowest BCUT2D eigenvalue weighted by Gasteiger charge is -2.22. The van der Waals surface area contributed by atoms with E-state index in [4.69, 9.17) is 20.6 Å². The maximum absolute atomic E-state index is 10.00. The van der Waals surface area contributed by atoms with Crippen molar-refractivity contribution in [2.75, 3.05) is 21.3 Å². The molecular weight excluding hydrogens is 208 g/mol. The van der Waals surface area contributed by atoms with Crippen molar-refractivity contribution in [1.82, 2.24) is 0 Å². The Hall–Kier alpha value is -1.70. The van der Waals surface area contributed by atoms with Crippen molar-refractivity contribution in [3.05, 3.63) is 23.8 Å². The molecule has 0 aliphatic carbocycles. The Balaban J connectivity index is 3.29. The summed E-state index contributed by atoms with van der Waals surface area (Å²) in [6.45, 7) is 0. The fourth-order valence-electron chi connectivity index (χ4n) is 1.33. The Morgan fingerprint density at radius 1 is 1.25 bits per heavy atom. The molecular formula is C12H14O4. The molecule has 1 rings (SSSR count). The van der Waals surface area contributed by atoms with Gasteiger partial charge in [0.15, 0.2) is 0 Å². The molecule has 0 radical (unpaired) electrons. The number of rotatable bonds is 4. The standard InChI is InChI=1S/C12H14O4/c1-5-12(13,16-4)10-7-6-9(14-2)8-11(10)15-3/h1,6-8,13H,2-4H3. The van der Waals surface area contributed by atoms with Crippen LogP contribution < -0.4 is 9.47 Å². The lowest BCUT2D eigenvalue weighted by molar-refractivity contribution is -0.145. The van der Waals surface area contributed by atoms with Crippen LogP contribution in [0.1, 0.15) is 5.56 Å². The minimum absolute atomic E-state index is 0.362. The predicted molar refractivity (Wildman–Crippen MR) is 59.3 cm³/mol. The number of aliphatic hydroxyl groups is 1. The van der Waals surface area contributed by atoms with Crippen LogP contribution >= 0.6 is 0 Å². The molecule has 4 heteroatoms. The van der Waals surface area contributed by atoms with E-state index in [-0.39, 0.29) is 0 Å². The fourth-order valence-corrected chi connectivity index (χ4v) is 1.33. The van der Waals surface area contributed by atoms with Crippen molar-refractivity contribution in [1.29, 1.82) is 0 Å². The highest BCUT2D eigenvalue weighted by Gasteiger charge is 2.30. The highest BCUT2D eigenvalue weighted by molar-refractivity contribution is 5.45. The zero-order valence-corrected chi connectivity index (χ0v) is 9.48. The molecule has 0 spiro atoms. The summed E-state index contributed by atoms with van der Waals surface area (Å²) in [7, 11) is 4.34. The second-order valence-electron chi connectivity index (χ2n) is 3.06. The molecule has 16 heavy (non-hydrogen) atoms. The average Bonchev–Trinajstić information content (AvgIpc) is 2.37. The van der Waals surface area contributed by atoms with Gasteiger partial charge in [0.25, 0.3) is 5.79 Å². The van der Waals surface area contributed by atoms with Crippen molar-refractivity contribution in [2.45, 2.75) is 5.79 Å². The number of terminal acetylenes is 1. The Morgan fingerprint density at radius 3 is 2.38 bits per heavy atom. The van der Waals surface area contributed by atoms with E-state index in [0.717, 1.165) is 0 Å². The lowest BCUT2D eigenvalue weighted by Crippen LogP contribution is -2.26. The van der Waals surface area contributed by atoms with Crippen molar-refractivity contribution in [2.24, 2.45) is 0 Å². The van der Waals surface area contributed by atoms with Crippen molar-refractivity contribution >= 4 is 0 Å². The molecule has 1 unspecified atom stereocenters. The van der Waals surface area contributed by atoms with Crippen molar-refractivity contribution in [3.63, 3.8) is 0 Å². The summed E-state index contributed by atoms with van der Waals surface area (Å²) in [5, 5.41) is 10.00. The molecule has 0 aromatic heterocycles. The van der Waals surface area contributed by atoms with E-state index < -0.39 is 5.79 Å². The Bertz CT molecular complexity index is 408. The summed E-state index contributed by atoms with van der Waals surface area (Å²) in [5.74, 6) is 1.39. The molecule has 86 valence electrons. The summed E-state index contributed by atoms with van der Waals surface area (Å²) in [4.78, 5) is 0. The number of hydrogen-bond donors (Lipinski definition) is 1. The van der Waals surface area contributed by atoms with Gasteiger partial charge in [-0.2, -0.15) is 0 Å². The quantitative estimate of drug-likeness (QED) is 0.612. The van der Waals surface area contributed by atoms with Crippen LogP contribution in [-0.2, 0) is 10.5 Å². The molecule has 0 saturated carbocycles. The normalized spacial score (nSPS) is 13.7. The van der Waals surface area contributed by atoms with E-state index in [9.17, 15) is 5.11 Å². The van der Waals surface area contributed by atoms with Gasteiger partial charge >= 0.3 is 0 Å². The van der Waals surface area contributed by atoms with Gasteiger partial charge in [-0.25, -0.2) is 0 Å². The van der Waals surface area contributed by atoms with Gasteiger partial charge in [0.1, 0.15) is 11.5 Å². The third-order valence-electron chi connectivity index (χ3n) is 2.26. The predicted octanol–water partition coefficient (Wildman–Crippen LogP) is 1.13. The zero-order valence-electron chi connectivity index (χ0n) is 9.48. The first kappa shape index (κ1) is 12.4. The van der Waals surface area contributed by atoms with Crippen LogP contribution in [0.15, 0.2) is 18.2 Å². The average molecular weight is 222 g/mol. The van der Waals surface area contributed by atoms with Crippen LogP contribution in [0.5, 0.6) is 11.5 Å². The van der Waals surface area contributed by atoms with E-state index in [1.54, 1.807) is 18.2 Å². The first-order chi connectivity index (χ1) is 7.61. The maximum Gasteiger partial charge on any atom is 0.262 e. The van der Waals surface area contributed by atoms with Gasteiger partial charge in [-0.3, -0.25) is 0 Å². The molecule has 1 aromatic carbocycles. The maximum atomic E-state index is 10.00. The Morgan fingerprint density at radius 2 is 1.94 bits per heavy atom. The van der Waals surface area contributed by atoms with Crippen LogP contribution in [-0.4, -0.2) is 26.4 Å². The van der Waals surface area contributed by atoms with Crippen molar-refractivity contribution < 1.29 is 19.3 Å². The molecule has 0 aliphatic heterocycles. The van der Waals surface area contributed by atoms with Crippen LogP contribution in [0.3, 0.4) is 0 Å². The number of methoxy groups -OCH3 is 3. The van der Waals surface area contributed by atoms with Gasteiger partial charge < -0.3 is 19.3 Å². The SMILES string of the molecule is C#CC(O)(OC)c1ccc(OC)cc1OC. The minimum atomic E-state index is -1.79. The second kappa shape index (κ2) is 4.88. The van der Waals surface area contributed by atoms with Crippen LogP contribution in [0.2, 0.25) is 0 Å². The van der Waals surface area contributed by atoms with E-state index in [1.165, 1.54) is 21.3 Å². The first-order valence-electron chi connectivity index (χ1n) is 4.59. The summed E-state index contributed by atoms with van der Waals surface area (Å²) in [5.41, 5.74) is 0.362. The number of hydrogen-bond acceptors (Lipinski definition) is 4. The van der Waals surface area contributed by atoms with Gasteiger partial charge in [0, 0.05) is 13.2 Å². The van der Waals surface area contributed by atoms with Gasteiger partial charge in [0.05, 0.1) is 19.8 Å². The summed E-state index contributed by atoms with van der Waals surface area (Å²) >= 11 is 0. The molecule has 1 atom stereocenters. The lowest BCUT2D eigenvalue weighted by atomic mass is 10.0. The molecule has 0 bridgehead atoms. The summed E-state index contributed by atoms with van der Waals surface area (Å²) in [6.07, 6.45) is 5.23. The molecule has 0 aliphatic rings. The molecule has 4 nitrogen and oxygen atoms in total. The zero-order chi connectivity index (χ0) is 12.2. The molecule has 1 aromatic rings. The highest BCUT2D eigenvalue weighted by Crippen LogP contribution is 2.33. The van der Waals surface area contributed by atoms with E-state index in [0.29, 0.717) is 17.1 Å². The molecule has 0 saturated heterocycles. The molecule has 0 heterocycles. The topological polar surface area (TPSA) is 47.9 Å². The smallest absolute Gasteiger partial charge is 0.262 e. The minimum Gasteiger partial charge on any atom is -0.497 e. The Labute approximate surface area is 94.8 Å².